The quantitative estimate of drug-likeness (QED) is 0.602. The molecule has 0 amide bonds. The third-order valence-electron chi connectivity index (χ3n) is 4.95. The van der Waals surface area contributed by atoms with Crippen molar-refractivity contribution in [3.63, 3.8) is 0 Å². The zero-order chi connectivity index (χ0) is 19.3. The fourth-order valence-electron chi connectivity index (χ4n) is 3.72. The SMILES string of the molecule is CCn1c(-c2c(C#N)n(C)c3ccccc23)nc2c1c(=O)[nH]c(=O)n2CC. The Bertz CT molecular complexity index is 1360. The third-order valence-corrected chi connectivity index (χ3v) is 4.95. The number of benzene rings is 1. The number of aromatic nitrogens is 5. The van der Waals surface area contributed by atoms with Gasteiger partial charge in [0.15, 0.2) is 11.2 Å². The fourth-order valence-corrected chi connectivity index (χ4v) is 3.72. The van der Waals surface area contributed by atoms with Gasteiger partial charge in [0.25, 0.3) is 5.56 Å². The molecule has 0 bridgehead atoms. The minimum atomic E-state index is -0.485. The van der Waals surface area contributed by atoms with Crippen molar-refractivity contribution in [2.75, 3.05) is 0 Å². The monoisotopic (exact) mass is 362 g/mol. The van der Waals surface area contributed by atoms with E-state index in [9.17, 15) is 14.9 Å². The van der Waals surface area contributed by atoms with Gasteiger partial charge in [0.1, 0.15) is 17.6 Å². The van der Waals surface area contributed by atoms with Gasteiger partial charge in [-0.15, -0.1) is 0 Å². The van der Waals surface area contributed by atoms with Crippen LogP contribution in [0, 0.1) is 11.3 Å². The Balaban J connectivity index is 2.24. The van der Waals surface area contributed by atoms with Crippen LogP contribution in [0.1, 0.15) is 19.5 Å². The second kappa shape index (κ2) is 5.99. The second-order valence-electron chi connectivity index (χ2n) is 6.27. The molecular weight excluding hydrogens is 344 g/mol. The van der Waals surface area contributed by atoms with E-state index in [1.165, 1.54) is 4.57 Å². The van der Waals surface area contributed by atoms with Gasteiger partial charge >= 0.3 is 5.69 Å². The molecule has 0 aliphatic carbocycles. The maximum atomic E-state index is 12.5. The van der Waals surface area contributed by atoms with Gasteiger partial charge in [-0.2, -0.15) is 5.26 Å². The number of nitriles is 1. The van der Waals surface area contributed by atoms with Crippen molar-refractivity contribution in [3.8, 4) is 17.5 Å². The molecule has 3 heterocycles. The predicted octanol–water partition coefficient (Wildman–Crippen LogP) is 1.96. The summed E-state index contributed by atoms with van der Waals surface area (Å²) in [5.41, 5.74) is 1.75. The van der Waals surface area contributed by atoms with Crippen LogP contribution in [-0.4, -0.2) is 23.7 Å². The first-order valence-corrected chi connectivity index (χ1v) is 8.74. The van der Waals surface area contributed by atoms with E-state index in [4.69, 9.17) is 0 Å². The number of rotatable bonds is 3. The number of fused-ring (bicyclic) bond motifs is 2. The number of hydrogen-bond acceptors (Lipinski definition) is 4. The maximum absolute atomic E-state index is 12.5. The maximum Gasteiger partial charge on any atom is 0.330 e. The number of hydrogen-bond donors (Lipinski definition) is 1. The van der Waals surface area contributed by atoms with Gasteiger partial charge in [-0.25, -0.2) is 9.78 Å². The minimum Gasteiger partial charge on any atom is -0.335 e. The van der Waals surface area contributed by atoms with E-state index in [0.717, 1.165) is 10.9 Å². The van der Waals surface area contributed by atoms with E-state index < -0.39 is 11.2 Å². The van der Waals surface area contributed by atoms with E-state index in [2.05, 4.69) is 16.0 Å². The average Bonchev–Trinajstić information content (AvgIpc) is 3.17. The van der Waals surface area contributed by atoms with E-state index in [1.807, 2.05) is 49.7 Å². The summed E-state index contributed by atoms with van der Waals surface area (Å²) < 4.78 is 5.02. The standard InChI is InChI=1S/C19H18N6O2/c1-4-24-15-17(25(5-2)19(27)22-18(15)26)21-16(24)14-11-8-6-7-9-12(11)23(3)13(14)10-20/h6-9H,4-5H2,1-3H3,(H,22,26,27). The molecule has 0 fully saturated rings. The molecule has 0 saturated carbocycles. The van der Waals surface area contributed by atoms with Crippen molar-refractivity contribution >= 4 is 22.1 Å². The summed E-state index contributed by atoms with van der Waals surface area (Å²) in [5.74, 6) is 0.513. The Labute approximate surface area is 153 Å². The molecule has 0 aliphatic heterocycles. The number of nitrogens with zero attached hydrogens (tertiary/aromatic N) is 5. The molecule has 3 aromatic heterocycles. The molecule has 0 unspecified atom stereocenters. The van der Waals surface area contributed by atoms with Crippen molar-refractivity contribution in [2.24, 2.45) is 7.05 Å². The van der Waals surface area contributed by atoms with E-state index >= 15 is 0 Å². The number of H-pyrrole nitrogens is 1. The summed E-state index contributed by atoms with van der Waals surface area (Å²) in [6, 6.07) is 9.94. The van der Waals surface area contributed by atoms with Crippen molar-refractivity contribution < 1.29 is 0 Å². The van der Waals surface area contributed by atoms with Crippen LogP contribution in [0.4, 0.5) is 0 Å². The van der Waals surface area contributed by atoms with Gasteiger partial charge in [0, 0.05) is 31.0 Å². The molecule has 1 N–H and O–H groups in total. The normalized spacial score (nSPS) is 11.3. The number of para-hydroxylation sites is 1. The number of imidazole rings is 1. The summed E-state index contributed by atoms with van der Waals surface area (Å²) in [6.45, 7) is 4.59. The second-order valence-corrected chi connectivity index (χ2v) is 6.27. The Hall–Kier alpha value is -3.60. The van der Waals surface area contributed by atoms with Crippen molar-refractivity contribution in [2.45, 2.75) is 26.9 Å². The number of aryl methyl sites for hydroxylation is 3. The highest BCUT2D eigenvalue weighted by molar-refractivity contribution is 5.99. The first kappa shape index (κ1) is 16.8. The summed E-state index contributed by atoms with van der Waals surface area (Å²) >= 11 is 0. The lowest BCUT2D eigenvalue weighted by Crippen LogP contribution is -2.30. The van der Waals surface area contributed by atoms with Crippen LogP contribution in [0.25, 0.3) is 33.5 Å². The highest BCUT2D eigenvalue weighted by Crippen LogP contribution is 2.34. The van der Waals surface area contributed by atoms with E-state index in [1.54, 1.807) is 4.57 Å². The molecule has 0 spiro atoms. The Morgan fingerprint density at radius 1 is 1.15 bits per heavy atom. The Kier molecular flexibility index (Phi) is 3.73. The molecule has 4 aromatic rings. The van der Waals surface area contributed by atoms with Crippen molar-refractivity contribution in [1.82, 2.24) is 23.7 Å². The lowest BCUT2D eigenvalue weighted by atomic mass is 10.1. The van der Waals surface area contributed by atoms with Gasteiger partial charge in [-0.3, -0.25) is 14.3 Å². The molecule has 0 atom stereocenters. The topological polar surface area (TPSA) is 101 Å². The van der Waals surface area contributed by atoms with Crippen LogP contribution in [-0.2, 0) is 20.1 Å². The molecule has 4 rings (SSSR count). The lowest BCUT2D eigenvalue weighted by Gasteiger charge is -2.06. The van der Waals surface area contributed by atoms with Gasteiger partial charge in [-0.1, -0.05) is 18.2 Å². The summed E-state index contributed by atoms with van der Waals surface area (Å²) in [7, 11) is 1.83. The first-order chi connectivity index (χ1) is 13.0. The molecule has 0 aliphatic rings. The highest BCUT2D eigenvalue weighted by atomic mass is 16.2. The third kappa shape index (κ3) is 2.18. The Morgan fingerprint density at radius 2 is 1.85 bits per heavy atom. The Morgan fingerprint density at radius 3 is 2.52 bits per heavy atom. The zero-order valence-corrected chi connectivity index (χ0v) is 15.3. The molecular formula is C19H18N6O2. The van der Waals surface area contributed by atoms with E-state index in [-0.39, 0.29) is 0 Å². The summed E-state index contributed by atoms with van der Waals surface area (Å²) in [4.78, 5) is 31.7. The average molecular weight is 362 g/mol. The van der Waals surface area contributed by atoms with Crippen LogP contribution in [0.5, 0.6) is 0 Å². The minimum absolute atomic E-state index is 0.333. The molecule has 1 aromatic carbocycles. The molecule has 0 saturated heterocycles. The first-order valence-electron chi connectivity index (χ1n) is 8.74. The van der Waals surface area contributed by atoms with Crippen LogP contribution in [0.3, 0.4) is 0 Å². The summed E-state index contributed by atoms with van der Waals surface area (Å²) in [6.07, 6.45) is 0. The molecule has 8 heteroatoms. The van der Waals surface area contributed by atoms with Crippen LogP contribution in [0.2, 0.25) is 0 Å². The molecule has 136 valence electrons. The molecule has 27 heavy (non-hydrogen) atoms. The van der Waals surface area contributed by atoms with Gasteiger partial charge < -0.3 is 9.13 Å². The summed E-state index contributed by atoms with van der Waals surface area (Å²) in [5, 5.41) is 10.6. The van der Waals surface area contributed by atoms with Crippen molar-refractivity contribution in [3.05, 3.63) is 50.8 Å². The zero-order valence-electron chi connectivity index (χ0n) is 15.3. The van der Waals surface area contributed by atoms with Gasteiger partial charge in [0.05, 0.1) is 5.56 Å². The van der Waals surface area contributed by atoms with Crippen LogP contribution >= 0.6 is 0 Å². The molecule has 8 nitrogen and oxygen atoms in total. The largest absolute Gasteiger partial charge is 0.335 e. The molecule has 0 radical (unpaired) electrons. The number of aromatic amines is 1. The van der Waals surface area contributed by atoms with Gasteiger partial charge in [-0.05, 0) is 19.9 Å². The van der Waals surface area contributed by atoms with Crippen LogP contribution in [0.15, 0.2) is 33.9 Å². The van der Waals surface area contributed by atoms with Crippen molar-refractivity contribution in [1.29, 1.82) is 5.26 Å². The van der Waals surface area contributed by atoms with E-state index in [0.29, 0.717) is 41.3 Å². The fraction of sp³-hybridized carbons (Fsp3) is 0.263. The highest BCUT2D eigenvalue weighted by Gasteiger charge is 2.24. The smallest absolute Gasteiger partial charge is 0.330 e. The predicted molar refractivity (Wildman–Crippen MR) is 103 cm³/mol. The van der Waals surface area contributed by atoms with Crippen LogP contribution < -0.4 is 11.2 Å². The van der Waals surface area contributed by atoms with Gasteiger partial charge in [0.2, 0.25) is 0 Å². The number of nitrogens with one attached hydrogen (secondary N) is 1. The lowest BCUT2D eigenvalue weighted by molar-refractivity contribution is 0.716.